The molecule has 63 heavy (non-hydrogen) atoms. The van der Waals surface area contributed by atoms with Crippen LogP contribution in [0, 0.1) is 0 Å². The van der Waals surface area contributed by atoms with Crippen molar-refractivity contribution in [3.63, 3.8) is 0 Å². The van der Waals surface area contributed by atoms with Crippen LogP contribution in [0.3, 0.4) is 0 Å². The molecule has 4 N–H and O–H groups in total. The van der Waals surface area contributed by atoms with Gasteiger partial charge in [-0.15, -0.1) is 22.7 Å². The summed E-state index contributed by atoms with van der Waals surface area (Å²) < 4.78 is 14.3. The van der Waals surface area contributed by atoms with Crippen LogP contribution in [-0.4, -0.2) is 84.6 Å². The number of benzene rings is 2. The van der Waals surface area contributed by atoms with Gasteiger partial charge in [-0.3, -0.25) is 4.79 Å². The van der Waals surface area contributed by atoms with Crippen LogP contribution in [0.5, 0.6) is 0 Å². The van der Waals surface area contributed by atoms with Gasteiger partial charge in [0.1, 0.15) is 17.0 Å². The zero-order valence-corrected chi connectivity index (χ0v) is 36.9. The van der Waals surface area contributed by atoms with E-state index in [2.05, 4.69) is 73.1 Å². The molecule has 6 aromatic heterocycles. The summed E-state index contributed by atoms with van der Waals surface area (Å²) in [6.45, 7) is 3.11. The van der Waals surface area contributed by atoms with Crippen molar-refractivity contribution in [3.05, 3.63) is 141 Å². The average Bonchev–Trinajstić information content (AvgIpc) is 4.16. The summed E-state index contributed by atoms with van der Waals surface area (Å²) in [6, 6.07) is 24.9. The van der Waals surface area contributed by atoms with Crippen molar-refractivity contribution in [1.29, 1.82) is 0 Å². The van der Waals surface area contributed by atoms with E-state index >= 15 is 0 Å². The molecule has 324 valence electrons. The SMILES string of the molecule is Cn1ccc2c(Cc3ccc(-c4cscn4)cc3)cc(C(=O)NC3CCOCC3)nc21.Cn1ccc2c(Cc3ccc(-c4cscn4)cc3)cc(C(=O)O)nc21.NC1CCOCC1. The second kappa shape index (κ2) is 20.4. The molecule has 2 aliphatic heterocycles. The molecule has 0 bridgehead atoms. The Hall–Kier alpha value is -6.10. The van der Waals surface area contributed by atoms with E-state index in [-0.39, 0.29) is 17.6 Å². The third-order valence-electron chi connectivity index (χ3n) is 11.3. The number of amides is 1. The van der Waals surface area contributed by atoms with Crippen molar-refractivity contribution in [2.45, 2.75) is 50.6 Å². The molecule has 0 unspecified atom stereocenters. The van der Waals surface area contributed by atoms with Gasteiger partial charge in [-0.05, 0) is 85.0 Å². The molecule has 15 heteroatoms. The Morgan fingerprint density at radius 2 is 1.16 bits per heavy atom. The number of aromatic carboxylic acids is 1. The number of aromatic nitrogens is 6. The molecule has 0 spiro atoms. The van der Waals surface area contributed by atoms with E-state index < -0.39 is 5.97 Å². The molecular formula is C48H50N8O5S2. The summed E-state index contributed by atoms with van der Waals surface area (Å²) in [7, 11) is 3.83. The molecule has 8 heterocycles. The molecule has 8 aromatic rings. The standard InChI is InChI=1S/C24H24N4O2S.C19H15N3O2S.C5H11NO/c1-28-9-6-20-18(12-16-2-4-17(5-3-16)22-14-31-15-25-22)13-21(27-23(20)28)24(29)26-19-7-10-30-11-8-19;1-22-7-6-15-14(9-16(19(23)24)21-18(15)22)8-12-2-4-13(5-3-12)17-10-25-11-20-17;6-5-1-3-7-4-2-5/h2-6,9,13-15,19H,7-8,10-12H2,1H3,(H,26,29);2-7,9-11H,8H2,1H3,(H,23,24);5H,1-4,6H2. The highest BCUT2D eigenvalue weighted by Crippen LogP contribution is 2.27. The number of nitrogens with one attached hydrogen (secondary N) is 1. The Morgan fingerprint density at radius 3 is 1.59 bits per heavy atom. The van der Waals surface area contributed by atoms with E-state index in [4.69, 9.17) is 15.2 Å². The van der Waals surface area contributed by atoms with Crippen LogP contribution in [0.4, 0.5) is 0 Å². The lowest BCUT2D eigenvalue weighted by Crippen LogP contribution is -2.39. The third kappa shape index (κ3) is 10.9. The highest BCUT2D eigenvalue weighted by Gasteiger charge is 2.20. The number of nitrogens with zero attached hydrogens (tertiary/aromatic N) is 6. The number of carbonyl (C=O) groups is 2. The quantitative estimate of drug-likeness (QED) is 0.128. The number of aryl methyl sites for hydroxylation is 2. The number of ether oxygens (including phenoxy) is 2. The number of carboxylic acid groups (broad SMARTS) is 1. The maximum Gasteiger partial charge on any atom is 0.354 e. The minimum Gasteiger partial charge on any atom is -0.477 e. The summed E-state index contributed by atoms with van der Waals surface area (Å²) in [6.07, 6.45) is 9.05. The van der Waals surface area contributed by atoms with E-state index in [9.17, 15) is 14.7 Å². The van der Waals surface area contributed by atoms with Gasteiger partial charge in [0, 0.05) is 97.7 Å². The zero-order valence-electron chi connectivity index (χ0n) is 35.3. The van der Waals surface area contributed by atoms with Crippen molar-refractivity contribution in [3.8, 4) is 22.5 Å². The Labute approximate surface area is 373 Å². The minimum atomic E-state index is -1.01. The van der Waals surface area contributed by atoms with Crippen LogP contribution in [0.1, 0.15) is 68.9 Å². The van der Waals surface area contributed by atoms with E-state index in [0.29, 0.717) is 37.0 Å². The van der Waals surface area contributed by atoms with E-state index in [0.717, 1.165) is 101 Å². The number of thiazole rings is 2. The molecule has 13 nitrogen and oxygen atoms in total. The summed E-state index contributed by atoms with van der Waals surface area (Å²) in [5.74, 6) is -1.13. The minimum absolute atomic E-state index is 0.0726. The second-order valence-electron chi connectivity index (χ2n) is 15.8. The van der Waals surface area contributed by atoms with Crippen LogP contribution < -0.4 is 11.1 Å². The fraction of sp³-hybridized carbons (Fsp3) is 0.292. The van der Waals surface area contributed by atoms with Crippen molar-refractivity contribution >= 4 is 56.6 Å². The Kier molecular flexibility index (Phi) is 14.1. The number of hydrogen-bond acceptors (Lipinski definition) is 11. The summed E-state index contributed by atoms with van der Waals surface area (Å²) in [5, 5.41) is 18.6. The van der Waals surface area contributed by atoms with E-state index in [1.54, 1.807) is 28.7 Å². The molecule has 0 saturated carbocycles. The van der Waals surface area contributed by atoms with Gasteiger partial charge in [-0.25, -0.2) is 24.7 Å². The van der Waals surface area contributed by atoms with Crippen molar-refractivity contribution in [1.82, 2.24) is 34.4 Å². The van der Waals surface area contributed by atoms with Gasteiger partial charge in [-0.1, -0.05) is 48.5 Å². The number of nitrogens with two attached hydrogens (primary N) is 1. The normalized spacial score (nSPS) is 14.5. The van der Waals surface area contributed by atoms with Gasteiger partial charge in [0.25, 0.3) is 5.91 Å². The van der Waals surface area contributed by atoms with Gasteiger partial charge < -0.3 is 34.8 Å². The van der Waals surface area contributed by atoms with E-state index in [1.807, 2.05) is 76.3 Å². The van der Waals surface area contributed by atoms with Crippen molar-refractivity contribution in [2.75, 3.05) is 26.4 Å². The predicted octanol–water partition coefficient (Wildman–Crippen LogP) is 8.31. The number of rotatable bonds is 9. The lowest BCUT2D eigenvalue weighted by atomic mass is 10.0. The van der Waals surface area contributed by atoms with Gasteiger partial charge in [0.15, 0.2) is 5.69 Å². The largest absolute Gasteiger partial charge is 0.477 e. The molecule has 10 rings (SSSR count). The highest BCUT2D eigenvalue weighted by atomic mass is 32.1. The molecule has 2 saturated heterocycles. The average molecular weight is 883 g/mol. The molecule has 2 aromatic carbocycles. The first-order valence-corrected chi connectivity index (χ1v) is 22.9. The smallest absolute Gasteiger partial charge is 0.354 e. The first-order chi connectivity index (χ1) is 30.7. The van der Waals surface area contributed by atoms with Gasteiger partial charge >= 0.3 is 5.97 Å². The number of carboxylic acids is 1. The number of carbonyl (C=O) groups excluding carboxylic acids is 1. The Bertz CT molecular complexity index is 2750. The second-order valence-corrected chi connectivity index (χ2v) is 17.2. The van der Waals surface area contributed by atoms with E-state index in [1.165, 1.54) is 5.56 Å². The summed E-state index contributed by atoms with van der Waals surface area (Å²) >= 11 is 3.17. The number of fused-ring (bicyclic) bond motifs is 2. The molecule has 2 aliphatic rings. The highest BCUT2D eigenvalue weighted by molar-refractivity contribution is 7.08. The fourth-order valence-electron chi connectivity index (χ4n) is 7.67. The van der Waals surface area contributed by atoms with Crippen LogP contribution in [0.25, 0.3) is 44.6 Å². The molecule has 0 atom stereocenters. The number of pyridine rings is 2. The van der Waals surface area contributed by atoms with Crippen molar-refractivity contribution in [2.24, 2.45) is 19.8 Å². The molecule has 2 fully saturated rings. The Morgan fingerprint density at radius 1 is 0.698 bits per heavy atom. The van der Waals surface area contributed by atoms with Gasteiger partial charge in [-0.2, -0.15) is 0 Å². The third-order valence-corrected chi connectivity index (χ3v) is 12.4. The topological polar surface area (TPSA) is 172 Å². The first kappa shape index (κ1) is 43.5. The Balaban J connectivity index is 0.000000152. The predicted molar refractivity (Wildman–Crippen MR) is 248 cm³/mol. The fourth-order valence-corrected chi connectivity index (χ4v) is 8.80. The van der Waals surface area contributed by atoms with Crippen LogP contribution >= 0.6 is 22.7 Å². The van der Waals surface area contributed by atoms with Crippen LogP contribution in [-0.2, 0) is 36.4 Å². The van der Waals surface area contributed by atoms with Gasteiger partial charge in [0.2, 0.25) is 0 Å². The van der Waals surface area contributed by atoms with Gasteiger partial charge in [0.05, 0.1) is 22.4 Å². The van der Waals surface area contributed by atoms with Crippen LogP contribution in [0.15, 0.2) is 107 Å². The summed E-state index contributed by atoms with van der Waals surface area (Å²) in [4.78, 5) is 41.9. The van der Waals surface area contributed by atoms with Crippen molar-refractivity contribution < 1.29 is 24.2 Å². The maximum atomic E-state index is 12.9. The zero-order chi connectivity index (χ0) is 43.7. The molecule has 0 radical (unpaired) electrons. The summed E-state index contributed by atoms with van der Waals surface area (Å²) in [5.41, 5.74) is 19.8. The molecule has 0 aliphatic carbocycles. The first-order valence-electron chi connectivity index (χ1n) is 21.0. The monoisotopic (exact) mass is 882 g/mol. The lowest BCUT2D eigenvalue weighted by Gasteiger charge is -2.23. The molecule has 1 amide bonds. The lowest BCUT2D eigenvalue weighted by molar-refractivity contribution is 0.0684. The number of hydrogen-bond donors (Lipinski definition) is 3. The van der Waals surface area contributed by atoms with Crippen LogP contribution in [0.2, 0.25) is 0 Å². The molecular weight excluding hydrogens is 833 g/mol. The maximum absolute atomic E-state index is 12.9.